The number of aromatic nitrogens is 2. The summed E-state index contributed by atoms with van der Waals surface area (Å²) in [6, 6.07) is 5.02. The van der Waals surface area contributed by atoms with Crippen LogP contribution in [0.4, 0.5) is 0 Å². The van der Waals surface area contributed by atoms with Gasteiger partial charge in [0.2, 0.25) is 5.91 Å². The third-order valence-electron chi connectivity index (χ3n) is 12.0. The maximum atomic E-state index is 14.5. The third kappa shape index (κ3) is 10.7. The van der Waals surface area contributed by atoms with Gasteiger partial charge in [-0.2, -0.15) is 0 Å². The number of cyclic esters (lactones) is 1. The Morgan fingerprint density at radius 3 is 2.48 bits per heavy atom. The van der Waals surface area contributed by atoms with Gasteiger partial charge in [-0.1, -0.05) is 38.0 Å². The summed E-state index contributed by atoms with van der Waals surface area (Å²) in [6.45, 7) is 14.5. The molecule has 17 heteroatoms. The van der Waals surface area contributed by atoms with Crippen molar-refractivity contribution in [1.29, 1.82) is 0 Å². The largest absolute Gasteiger partial charge is 0.459 e. The van der Waals surface area contributed by atoms with Crippen LogP contribution in [-0.2, 0) is 49.5 Å². The number of esters is 1. The summed E-state index contributed by atoms with van der Waals surface area (Å²) in [5, 5.41) is 32.6. The number of carbonyl (C=O) groups is 3. The summed E-state index contributed by atoms with van der Waals surface area (Å²) in [4.78, 5) is 57.5. The highest BCUT2D eigenvalue weighted by atomic mass is 16.7. The molecule has 1 amide bonds. The van der Waals surface area contributed by atoms with Crippen molar-refractivity contribution in [2.45, 2.75) is 142 Å². The molecular weight excluding hydrogens is 778 g/mol. The first-order valence-corrected chi connectivity index (χ1v) is 20.8. The van der Waals surface area contributed by atoms with E-state index in [1.165, 1.54) is 20.8 Å². The van der Waals surface area contributed by atoms with Crippen LogP contribution >= 0.6 is 0 Å². The lowest BCUT2D eigenvalue weighted by Crippen LogP contribution is -2.60. The number of Topliss-reactive ketones (excluding diaryl/α,β-unsaturated/α-hetero) is 1. The number of likely N-dealkylation sites (N-methyl/N-ethyl adjacent to an activating group) is 1. The predicted octanol–water partition coefficient (Wildman–Crippen LogP) is 4.17. The number of oxime groups is 1. The number of ketones is 1. The van der Waals surface area contributed by atoms with Crippen LogP contribution in [0.1, 0.15) is 87.3 Å². The number of fused-ring (bicyclic) bond motifs is 5. The molecule has 3 fully saturated rings. The molecule has 2 aromatic heterocycles. The normalized spacial score (nSPS) is 37.6. The van der Waals surface area contributed by atoms with Gasteiger partial charge in [-0.25, -0.2) is 4.99 Å². The average Bonchev–Trinajstić information content (AvgIpc) is 3.67. The Kier molecular flexibility index (Phi) is 15.6. The molecule has 332 valence electrons. The van der Waals surface area contributed by atoms with Crippen LogP contribution in [0, 0.1) is 23.7 Å². The molecule has 1 unspecified atom stereocenters. The lowest BCUT2D eigenvalue weighted by atomic mass is 9.73. The van der Waals surface area contributed by atoms with Crippen molar-refractivity contribution in [3.8, 4) is 11.3 Å². The molecule has 0 aliphatic carbocycles. The van der Waals surface area contributed by atoms with E-state index in [1.54, 1.807) is 52.2 Å². The molecule has 3 aliphatic heterocycles. The zero-order valence-electron chi connectivity index (χ0n) is 36.7. The zero-order chi connectivity index (χ0) is 44.1. The highest BCUT2D eigenvalue weighted by Gasteiger charge is 2.53. The number of aliphatic imine (C=N–C) groups is 1. The number of nitrogens with zero attached hydrogens (tertiary/aromatic N) is 5. The SMILES string of the molecule is CC[C@H]1OC(=O)[C@H](C)C(=O)[C@H](C)[C@@H](O[C@@H]2O[C@H](C)C[C@H](N(C)C)[C@H]2O)[C@@]2(C)C[C@@H](C)C(=NC(C)=O)[C@H](C)C(OC/C(=N\OCc3cc(-c4cccnc4)no3)CO2)[C@]1(C)O. The summed E-state index contributed by atoms with van der Waals surface area (Å²) in [5.74, 6) is -5.03. The first-order valence-electron chi connectivity index (χ1n) is 20.8. The second-order valence-electron chi connectivity index (χ2n) is 17.2. The molecule has 0 aromatic carbocycles. The van der Waals surface area contributed by atoms with Gasteiger partial charge in [0.1, 0.15) is 35.1 Å². The Hall–Kier alpha value is -3.97. The fourth-order valence-electron chi connectivity index (χ4n) is 8.82. The first kappa shape index (κ1) is 47.1. The predicted molar refractivity (Wildman–Crippen MR) is 219 cm³/mol. The van der Waals surface area contributed by atoms with E-state index >= 15 is 0 Å². The second kappa shape index (κ2) is 19.8. The number of hydrogen-bond acceptors (Lipinski definition) is 16. The summed E-state index contributed by atoms with van der Waals surface area (Å²) in [5.41, 5.74) is -1.32. The van der Waals surface area contributed by atoms with Crippen LogP contribution in [0.2, 0.25) is 0 Å². The van der Waals surface area contributed by atoms with Gasteiger partial charge in [0.05, 0.1) is 37.1 Å². The van der Waals surface area contributed by atoms with E-state index in [1.807, 2.05) is 38.9 Å². The Balaban J connectivity index is 1.64. The number of hydrogen-bond donors (Lipinski definition) is 2. The van der Waals surface area contributed by atoms with Crippen molar-refractivity contribution in [2.75, 3.05) is 27.3 Å². The van der Waals surface area contributed by atoms with Crippen LogP contribution in [0.5, 0.6) is 0 Å². The average molecular weight is 842 g/mol. The van der Waals surface area contributed by atoms with E-state index in [0.29, 0.717) is 23.6 Å². The van der Waals surface area contributed by atoms with Crippen molar-refractivity contribution >= 4 is 29.1 Å². The van der Waals surface area contributed by atoms with E-state index in [9.17, 15) is 24.6 Å². The molecule has 3 saturated heterocycles. The number of amides is 1. The summed E-state index contributed by atoms with van der Waals surface area (Å²) < 4.78 is 37.9. The molecular formula is C43H63N5O12. The molecule has 2 N–H and O–H groups in total. The molecule has 2 bridgehead atoms. The molecule has 0 saturated carbocycles. The number of aliphatic hydroxyl groups excluding tert-OH is 1. The zero-order valence-corrected chi connectivity index (χ0v) is 36.7. The van der Waals surface area contributed by atoms with E-state index in [-0.39, 0.29) is 50.5 Å². The van der Waals surface area contributed by atoms with E-state index in [0.717, 1.165) is 5.56 Å². The monoisotopic (exact) mass is 841 g/mol. The van der Waals surface area contributed by atoms with Crippen molar-refractivity contribution in [1.82, 2.24) is 15.0 Å². The van der Waals surface area contributed by atoms with Crippen molar-refractivity contribution < 1.29 is 57.6 Å². The van der Waals surface area contributed by atoms with Crippen molar-refractivity contribution in [3.05, 3.63) is 36.4 Å². The van der Waals surface area contributed by atoms with Crippen molar-refractivity contribution in [2.24, 2.45) is 33.8 Å². The Morgan fingerprint density at radius 1 is 1.10 bits per heavy atom. The minimum atomic E-state index is -1.87. The van der Waals surface area contributed by atoms with Gasteiger partial charge in [-0.3, -0.25) is 19.4 Å². The lowest BCUT2D eigenvalue weighted by molar-refractivity contribution is -0.296. The van der Waals surface area contributed by atoms with E-state index < -0.39 is 83.2 Å². The van der Waals surface area contributed by atoms with Gasteiger partial charge in [-0.05, 0) is 79.1 Å². The van der Waals surface area contributed by atoms with Crippen LogP contribution < -0.4 is 0 Å². The molecule has 0 radical (unpaired) electrons. The number of aliphatic hydroxyl groups is 2. The van der Waals surface area contributed by atoms with Gasteiger partial charge >= 0.3 is 5.97 Å². The molecule has 5 rings (SSSR count). The van der Waals surface area contributed by atoms with Gasteiger partial charge in [0.15, 0.2) is 24.4 Å². The smallest absolute Gasteiger partial charge is 0.316 e. The summed E-state index contributed by atoms with van der Waals surface area (Å²) in [7, 11) is 3.72. The highest BCUT2D eigenvalue weighted by Crippen LogP contribution is 2.40. The summed E-state index contributed by atoms with van der Waals surface area (Å²) in [6.07, 6.45) is -1.91. The Labute approximate surface area is 352 Å². The molecule has 2 aromatic rings. The number of carbonyl (C=O) groups excluding carboxylic acids is 3. The number of pyridine rings is 1. The van der Waals surface area contributed by atoms with Crippen molar-refractivity contribution in [3.63, 3.8) is 0 Å². The number of ether oxygens (including phenoxy) is 5. The lowest BCUT2D eigenvalue weighted by Gasteiger charge is -2.47. The molecule has 5 heterocycles. The van der Waals surface area contributed by atoms with Gasteiger partial charge in [-0.15, -0.1) is 0 Å². The highest BCUT2D eigenvalue weighted by molar-refractivity contribution is 6.00. The first-order chi connectivity index (χ1) is 28.3. The maximum absolute atomic E-state index is 14.5. The molecule has 17 nitrogen and oxygen atoms in total. The van der Waals surface area contributed by atoms with E-state index in [4.69, 9.17) is 33.0 Å². The molecule has 3 aliphatic rings. The van der Waals surface area contributed by atoms with E-state index in [2.05, 4.69) is 20.3 Å². The van der Waals surface area contributed by atoms with Gasteiger partial charge < -0.3 is 48.2 Å². The van der Waals surface area contributed by atoms with Crippen LogP contribution in [0.15, 0.2) is 45.3 Å². The minimum absolute atomic E-state index is 0.108. The van der Waals surface area contributed by atoms with Gasteiger partial charge in [0.25, 0.3) is 0 Å². The Morgan fingerprint density at radius 2 is 1.83 bits per heavy atom. The third-order valence-corrected chi connectivity index (χ3v) is 12.0. The Bertz CT molecular complexity index is 1850. The van der Waals surface area contributed by atoms with Crippen LogP contribution in [0.3, 0.4) is 0 Å². The van der Waals surface area contributed by atoms with Crippen LogP contribution in [-0.4, -0.2) is 136 Å². The molecule has 13 atom stereocenters. The molecule has 0 spiro atoms. The molecule has 60 heavy (non-hydrogen) atoms. The topological polar surface area (TPSA) is 214 Å². The maximum Gasteiger partial charge on any atom is 0.316 e. The quantitative estimate of drug-likeness (QED) is 0.217. The fraction of sp³-hybridized carbons (Fsp3) is 0.698. The van der Waals surface area contributed by atoms with Gasteiger partial charge in [0, 0.05) is 54.5 Å². The minimum Gasteiger partial charge on any atom is -0.459 e. The van der Waals surface area contributed by atoms with Crippen LogP contribution in [0.25, 0.3) is 11.3 Å². The fourth-order valence-corrected chi connectivity index (χ4v) is 8.82. The standard InChI is InChI=1S/C43H63N5O12/c1-12-34-43(9,53)39-25(4)35(45-28(7)49)23(2)18-42(8,55-21-30(20-54-39)46-56-22-31-17-32(47-60-31)29-14-13-15-44-19-29)38(26(5)36(50)27(6)40(52)58-34)59-41-37(51)33(48(10)11)16-24(3)57-41/h13-15,17,19,23-27,33-34,37-39,41,51,53H,12,16,18,20-22H2,1-11H3/b45-35?,46-30+/t23-,24-,25+,26+,27-,33+,34-,37-,38-,39?,41+,42-,43-/m1/s1. The second-order valence-corrected chi connectivity index (χ2v) is 17.2. The number of rotatable bonds is 8. The summed E-state index contributed by atoms with van der Waals surface area (Å²) >= 11 is 0.